The van der Waals surface area contributed by atoms with Crippen LogP contribution in [0.2, 0.25) is 5.02 Å². The van der Waals surface area contributed by atoms with Crippen molar-refractivity contribution in [3.05, 3.63) is 123 Å². The van der Waals surface area contributed by atoms with Gasteiger partial charge in [0.05, 0.1) is 17.8 Å². The van der Waals surface area contributed by atoms with Crippen LogP contribution < -0.4 is 10.6 Å². The van der Waals surface area contributed by atoms with Gasteiger partial charge in [-0.1, -0.05) is 11.6 Å². The number of anilines is 1. The summed E-state index contributed by atoms with van der Waals surface area (Å²) in [5.74, 6) is -4.67. The van der Waals surface area contributed by atoms with Crippen LogP contribution in [0, 0.1) is 28.8 Å². The number of hydrogen-bond acceptors (Lipinski definition) is 4. The molecular weight excluding hydrogens is 612 g/mol. The summed E-state index contributed by atoms with van der Waals surface area (Å²) < 4.78 is 84.5. The van der Waals surface area contributed by atoms with E-state index in [1.807, 2.05) is 6.07 Å². The zero-order valence-corrected chi connectivity index (χ0v) is 22.5. The molecule has 14 heteroatoms. The predicted molar refractivity (Wildman–Crippen MR) is 145 cm³/mol. The van der Waals surface area contributed by atoms with E-state index in [-0.39, 0.29) is 55.9 Å². The van der Waals surface area contributed by atoms with E-state index in [0.29, 0.717) is 12.1 Å². The molecule has 0 bridgehead atoms. The highest BCUT2D eigenvalue weighted by molar-refractivity contribution is 6.31. The van der Waals surface area contributed by atoms with Crippen LogP contribution in [0.4, 0.5) is 32.0 Å². The molecule has 0 aliphatic carbocycles. The number of carbonyl (C=O) groups is 2. The zero-order valence-electron chi connectivity index (χ0n) is 21.7. The lowest BCUT2D eigenvalue weighted by Crippen LogP contribution is -2.21. The average Bonchev–Trinajstić information content (AvgIpc) is 3.54. The standard InChI is InChI=1S/C30H14ClF6N5O2/c31-22-2-1-17(32)9-20(22)26-25-21(29(44)41-26)5-13(15-6-23(34)27-39-11-19(10-38)42(27)12-15)7-24(25)40-28(43)14-3-16(30(35,36)37)8-18(33)4-14/h1-9,11-12,26H,(H,40,43)(H,41,44). The summed E-state index contributed by atoms with van der Waals surface area (Å²) >= 11 is 6.31. The fourth-order valence-electron chi connectivity index (χ4n) is 5.04. The molecule has 6 rings (SSSR count). The number of imidazole rings is 1. The molecule has 5 aromatic rings. The van der Waals surface area contributed by atoms with Gasteiger partial charge in [-0.15, -0.1) is 0 Å². The first kappa shape index (κ1) is 28.8. The summed E-state index contributed by atoms with van der Waals surface area (Å²) in [6.07, 6.45) is -2.43. The molecule has 1 aliphatic rings. The second-order valence-electron chi connectivity index (χ2n) is 9.76. The Kier molecular flexibility index (Phi) is 6.81. The number of pyridine rings is 1. The van der Waals surface area contributed by atoms with Crippen LogP contribution in [0.5, 0.6) is 0 Å². The largest absolute Gasteiger partial charge is 0.416 e. The lowest BCUT2D eigenvalue weighted by Gasteiger charge is -2.19. The normalized spacial score (nSPS) is 14.3. The van der Waals surface area contributed by atoms with E-state index < -0.39 is 52.6 Å². The van der Waals surface area contributed by atoms with Crippen molar-refractivity contribution in [3.8, 4) is 17.2 Å². The molecule has 0 spiro atoms. The van der Waals surface area contributed by atoms with Crippen molar-refractivity contribution in [2.75, 3.05) is 5.32 Å². The van der Waals surface area contributed by atoms with Crippen LogP contribution >= 0.6 is 11.6 Å². The summed E-state index contributed by atoms with van der Waals surface area (Å²) in [6.45, 7) is 0. The first-order valence-corrected chi connectivity index (χ1v) is 12.9. The number of amides is 2. The number of alkyl halides is 3. The summed E-state index contributed by atoms with van der Waals surface area (Å²) in [7, 11) is 0. The summed E-state index contributed by atoms with van der Waals surface area (Å²) in [4.78, 5) is 30.3. The van der Waals surface area contributed by atoms with Crippen LogP contribution in [-0.4, -0.2) is 21.2 Å². The number of carbonyl (C=O) groups excluding carboxylic acids is 2. The molecule has 0 saturated heterocycles. The Morgan fingerprint density at radius 2 is 1.80 bits per heavy atom. The molecule has 2 amide bonds. The van der Waals surface area contributed by atoms with E-state index >= 15 is 0 Å². The van der Waals surface area contributed by atoms with Crippen LogP contribution in [0.1, 0.15) is 49.1 Å². The van der Waals surface area contributed by atoms with Crippen molar-refractivity contribution in [2.24, 2.45) is 0 Å². The molecule has 220 valence electrons. The minimum atomic E-state index is -4.95. The first-order chi connectivity index (χ1) is 20.8. The minimum absolute atomic E-state index is 0.000521. The Bertz CT molecular complexity index is 2090. The number of nitrogens with zero attached hydrogens (tertiary/aromatic N) is 3. The van der Waals surface area contributed by atoms with Gasteiger partial charge < -0.3 is 10.6 Å². The minimum Gasteiger partial charge on any atom is -0.341 e. The summed E-state index contributed by atoms with van der Waals surface area (Å²) in [5.41, 5.74) is -1.96. The van der Waals surface area contributed by atoms with Crippen molar-refractivity contribution >= 4 is 34.7 Å². The summed E-state index contributed by atoms with van der Waals surface area (Å²) in [6, 6.07) is 9.20. The lowest BCUT2D eigenvalue weighted by molar-refractivity contribution is -0.137. The van der Waals surface area contributed by atoms with Gasteiger partial charge >= 0.3 is 6.18 Å². The van der Waals surface area contributed by atoms with Gasteiger partial charge in [0.2, 0.25) is 0 Å². The first-order valence-electron chi connectivity index (χ1n) is 12.5. The number of aromatic nitrogens is 2. The van der Waals surface area contributed by atoms with Gasteiger partial charge in [0.1, 0.15) is 23.4 Å². The molecule has 2 aromatic heterocycles. The molecule has 44 heavy (non-hydrogen) atoms. The fourth-order valence-corrected chi connectivity index (χ4v) is 5.26. The Morgan fingerprint density at radius 1 is 1.02 bits per heavy atom. The quantitative estimate of drug-likeness (QED) is 0.209. The van der Waals surface area contributed by atoms with E-state index in [9.17, 15) is 41.2 Å². The van der Waals surface area contributed by atoms with Crippen molar-refractivity contribution < 1.29 is 35.9 Å². The van der Waals surface area contributed by atoms with Crippen LogP contribution in [0.3, 0.4) is 0 Å². The Morgan fingerprint density at radius 3 is 2.52 bits per heavy atom. The molecule has 1 aliphatic heterocycles. The molecule has 7 nitrogen and oxygen atoms in total. The number of hydrogen-bond donors (Lipinski definition) is 2. The second kappa shape index (κ2) is 10.4. The predicted octanol–water partition coefficient (Wildman–Crippen LogP) is 7.05. The van der Waals surface area contributed by atoms with Crippen molar-refractivity contribution in [2.45, 2.75) is 12.2 Å². The van der Waals surface area contributed by atoms with Crippen molar-refractivity contribution in [1.82, 2.24) is 14.7 Å². The highest BCUT2D eigenvalue weighted by atomic mass is 35.5. The Balaban J connectivity index is 1.54. The molecule has 0 radical (unpaired) electrons. The van der Waals surface area contributed by atoms with E-state index in [0.717, 1.165) is 24.4 Å². The molecule has 1 unspecified atom stereocenters. The molecule has 1 atom stereocenters. The highest BCUT2D eigenvalue weighted by Gasteiger charge is 2.36. The van der Waals surface area contributed by atoms with E-state index in [4.69, 9.17) is 11.6 Å². The molecule has 0 fully saturated rings. The van der Waals surface area contributed by atoms with E-state index in [2.05, 4.69) is 15.6 Å². The van der Waals surface area contributed by atoms with E-state index in [1.54, 1.807) is 0 Å². The Hall–Kier alpha value is -5.35. The van der Waals surface area contributed by atoms with E-state index in [1.165, 1.54) is 28.8 Å². The van der Waals surface area contributed by atoms with Crippen molar-refractivity contribution in [1.29, 1.82) is 5.26 Å². The lowest BCUT2D eigenvalue weighted by atomic mass is 9.93. The topological polar surface area (TPSA) is 99.3 Å². The molecule has 0 saturated carbocycles. The van der Waals surface area contributed by atoms with Crippen LogP contribution in [0.15, 0.2) is 67.0 Å². The maximum Gasteiger partial charge on any atom is 0.416 e. The van der Waals surface area contributed by atoms with Gasteiger partial charge in [0, 0.05) is 44.7 Å². The van der Waals surface area contributed by atoms with Crippen LogP contribution in [-0.2, 0) is 6.18 Å². The second-order valence-corrected chi connectivity index (χ2v) is 10.2. The fraction of sp³-hybridized carbons (Fsp3) is 0.0667. The molecule has 3 aromatic carbocycles. The number of benzene rings is 3. The number of rotatable bonds is 4. The van der Waals surface area contributed by atoms with Gasteiger partial charge in [0.25, 0.3) is 11.8 Å². The van der Waals surface area contributed by atoms with Crippen LogP contribution in [0.25, 0.3) is 16.8 Å². The molecule has 2 N–H and O–H groups in total. The third-order valence-electron chi connectivity index (χ3n) is 7.00. The number of nitrogens with one attached hydrogen (secondary N) is 2. The monoisotopic (exact) mass is 625 g/mol. The number of fused-ring (bicyclic) bond motifs is 2. The van der Waals surface area contributed by atoms with Gasteiger partial charge in [-0.05, 0) is 60.2 Å². The van der Waals surface area contributed by atoms with Gasteiger partial charge in [0.15, 0.2) is 11.5 Å². The smallest absolute Gasteiger partial charge is 0.341 e. The Labute approximate surface area is 248 Å². The number of halogens is 7. The zero-order chi connectivity index (χ0) is 31.5. The maximum atomic E-state index is 15.0. The summed E-state index contributed by atoms with van der Waals surface area (Å²) in [5, 5.41) is 14.5. The maximum absolute atomic E-state index is 15.0. The van der Waals surface area contributed by atoms with Gasteiger partial charge in [-0.25, -0.2) is 18.2 Å². The average molecular weight is 626 g/mol. The van der Waals surface area contributed by atoms with Gasteiger partial charge in [-0.2, -0.15) is 18.4 Å². The third-order valence-corrected chi connectivity index (χ3v) is 7.35. The molecule has 3 heterocycles. The third kappa shape index (κ3) is 4.99. The van der Waals surface area contributed by atoms with Crippen molar-refractivity contribution in [3.63, 3.8) is 0 Å². The number of nitriles is 1. The SMILES string of the molecule is N#Cc1cnc2c(F)cc(-c3cc(NC(=O)c4cc(F)cc(C(F)(F)F)c4)c4c(c3)C(=O)NC4c3cc(F)ccc3Cl)cn12. The highest BCUT2D eigenvalue weighted by Crippen LogP contribution is 2.42. The molecular formula is C30H14ClF6N5O2. The van der Waals surface area contributed by atoms with Gasteiger partial charge in [-0.3, -0.25) is 14.0 Å².